The van der Waals surface area contributed by atoms with Gasteiger partial charge < -0.3 is 19.1 Å². The highest BCUT2D eigenvalue weighted by atomic mass is 28.4. The maximum Gasteiger partial charge on any atom is 0.497 e. The van der Waals surface area contributed by atoms with E-state index in [1.165, 1.54) is 0 Å². The van der Waals surface area contributed by atoms with Crippen LogP contribution in [0.5, 0.6) is 5.75 Å². The van der Waals surface area contributed by atoms with Crippen LogP contribution < -0.4 is 4.74 Å². The second kappa shape index (κ2) is 3.88. The molecule has 4 nitrogen and oxygen atoms in total. The number of rotatable bonds is 6. The Hall–Kier alpha value is -0.883. The first-order valence-electron chi connectivity index (χ1n) is 4.98. The lowest BCUT2D eigenvalue weighted by Gasteiger charge is -2.09. The fraction of sp³-hybridized carbons (Fsp3) is 0.250. The standard InChI is InChI=1S/C8H12O4Si/c1-12-8-4-2-7(3-5-8)6-13(9,10)11/h2-5,9-11H,6H2,1H3/i9T,10T,11T. The minimum absolute atomic E-state index is 0.0908. The zero-order valence-electron chi connectivity index (χ0n) is 10.1. The van der Waals surface area contributed by atoms with Gasteiger partial charge in [-0.2, -0.15) is 0 Å². The summed E-state index contributed by atoms with van der Waals surface area (Å²) in [5, 5.41) is 0. The molecule has 1 aromatic rings. The van der Waals surface area contributed by atoms with Gasteiger partial charge in [0, 0.05) is 6.04 Å². The SMILES string of the molecule is [3H]O[Si](Cc1ccc(OC)cc1)(O[3H])O[3H]. The van der Waals surface area contributed by atoms with Gasteiger partial charge in [-0.15, -0.1) is 0 Å². The highest BCUT2D eigenvalue weighted by molar-refractivity contribution is 6.55. The van der Waals surface area contributed by atoms with Crippen molar-refractivity contribution in [1.82, 2.24) is 0 Å². The Morgan fingerprint density at radius 2 is 1.92 bits per heavy atom. The number of ether oxygens (including phenoxy) is 1. The molecule has 0 fully saturated rings. The second-order valence-electron chi connectivity index (χ2n) is 2.71. The van der Waals surface area contributed by atoms with Crippen LogP contribution in [0, 0.1) is 0 Å². The molecule has 0 aliphatic heterocycles. The molecular formula is C8H12O4Si. The van der Waals surface area contributed by atoms with Gasteiger partial charge in [-0.1, -0.05) is 12.1 Å². The lowest BCUT2D eigenvalue weighted by atomic mass is 10.2. The van der Waals surface area contributed by atoms with E-state index in [1.54, 1.807) is 31.4 Å². The van der Waals surface area contributed by atoms with Crippen LogP contribution in [0.1, 0.15) is 5.56 Å². The fourth-order valence-corrected chi connectivity index (χ4v) is 1.73. The smallest absolute Gasteiger partial charge is 0.497 e. The van der Waals surface area contributed by atoms with E-state index in [2.05, 4.69) is 14.4 Å². The van der Waals surface area contributed by atoms with E-state index in [4.69, 9.17) is 9.03 Å². The van der Waals surface area contributed by atoms with Gasteiger partial charge in [0.15, 0.2) is 4.29 Å². The number of hydrogen-bond acceptors (Lipinski definition) is 4. The number of methoxy groups -OCH3 is 1. The van der Waals surface area contributed by atoms with E-state index < -0.39 is 8.80 Å². The molecule has 0 saturated carbocycles. The monoisotopic (exact) mass is 206 g/mol. The van der Waals surface area contributed by atoms with Crippen molar-refractivity contribution in [3.05, 3.63) is 29.8 Å². The predicted molar refractivity (Wildman–Crippen MR) is 49.1 cm³/mol. The Kier molecular flexibility index (Phi) is 1.96. The van der Waals surface area contributed by atoms with Crippen LogP contribution in [0.4, 0.5) is 0 Å². The van der Waals surface area contributed by atoms with Crippen molar-refractivity contribution >= 4 is 8.80 Å². The zero-order valence-corrected chi connectivity index (χ0v) is 8.15. The lowest BCUT2D eigenvalue weighted by molar-refractivity contribution is 0.227. The van der Waals surface area contributed by atoms with E-state index in [1.807, 2.05) is 0 Å². The number of benzene rings is 1. The molecule has 0 radical (unpaired) electrons. The summed E-state index contributed by atoms with van der Waals surface area (Å²) in [4.78, 5) is 12.7. The van der Waals surface area contributed by atoms with Crippen LogP contribution in [-0.2, 0) is 6.04 Å². The summed E-state index contributed by atoms with van der Waals surface area (Å²) in [5.74, 6) is 0.696. The molecule has 0 bridgehead atoms. The normalized spacial score (nSPS) is 14.4. The molecule has 1 aromatic carbocycles. The van der Waals surface area contributed by atoms with Gasteiger partial charge >= 0.3 is 8.80 Å². The van der Waals surface area contributed by atoms with Gasteiger partial charge in [0.05, 0.1) is 7.11 Å². The summed E-state index contributed by atoms with van der Waals surface area (Å²) in [6, 6.07) is 7.02. The van der Waals surface area contributed by atoms with Gasteiger partial charge in [-0.05, 0) is 17.7 Å². The molecule has 0 unspecified atom stereocenters. The van der Waals surface area contributed by atoms with Gasteiger partial charge in [0.2, 0.25) is 0 Å². The third-order valence-corrected chi connectivity index (χ3v) is 2.42. The highest BCUT2D eigenvalue weighted by Gasteiger charge is 2.26. The third kappa shape index (κ3) is 3.56. The van der Waals surface area contributed by atoms with Crippen LogP contribution in [-0.4, -0.2) is 34.6 Å². The minimum Gasteiger partial charge on any atom is -0.497 e. The molecule has 1 rings (SSSR count). The van der Waals surface area contributed by atoms with Gasteiger partial charge in [0.1, 0.15) is 5.75 Å². The molecule has 0 heterocycles. The van der Waals surface area contributed by atoms with Crippen LogP contribution in [0.25, 0.3) is 0 Å². The maximum atomic E-state index is 6.78. The average molecular weight is 206 g/mol. The predicted octanol–water partition coefficient (Wildman–Crippen LogP) is -0.307. The molecule has 0 aromatic heterocycles. The van der Waals surface area contributed by atoms with Crippen molar-refractivity contribution in [3.8, 4) is 5.75 Å². The van der Waals surface area contributed by atoms with Gasteiger partial charge in [0.25, 0.3) is 0 Å². The summed E-state index contributed by atoms with van der Waals surface area (Å²) >= 11 is 0. The van der Waals surface area contributed by atoms with Crippen LogP contribution in [0.2, 0.25) is 0 Å². The second-order valence-corrected chi connectivity index (χ2v) is 4.43. The quantitative estimate of drug-likeness (QED) is 0.559. The average Bonchev–Trinajstić information content (AvgIpc) is 2.37. The van der Waals surface area contributed by atoms with E-state index in [-0.39, 0.29) is 6.04 Å². The Balaban J connectivity index is 2.77. The van der Waals surface area contributed by atoms with Gasteiger partial charge in [-0.3, -0.25) is 0 Å². The molecular weight excluding hydrogens is 188 g/mol. The zero-order chi connectivity index (χ0) is 12.0. The molecule has 0 spiro atoms. The van der Waals surface area contributed by atoms with E-state index >= 15 is 0 Å². The largest absolute Gasteiger partial charge is 0.497 e. The molecule has 13 heavy (non-hydrogen) atoms. The maximum absolute atomic E-state index is 6.78. The van der Waals surface area contributed by atoms with Crippen molar-refractivity contribution in [2.45, 2.75) is 6.04 Å². The summed E-state index contributed by atoms with van der Waals surface area (Å²) in [6.45, 7) is 0. The fourth-order valence-electron chi connectivity index (χ4n) is 0.993. The Morgan fingerprint density at radius 3 is 2.38 bits per heavy atom. The van der Waals surface area contributed by atoms with E-state index in [0.29, 0.717) is 5.75 Å². The highest BCUT2D eigenvalue weighted by Crippen LogP contribution is 2.12. The van der Waals surface area contributed by atoms with Crippen molar-refractivity contribution in [2.24, 2.45) is 0 Å². The number of hydrogen-bond donors (Lipinski definition) is 3. The Bertz CT molecular complexity index is 309. The van der Waals surface area contributed by atoms with Crippen molar-refractivity contribution in [3.63, 3.8) is 0 Å². The van der Waals surface area contributed by atoms with Crippen molar-refractivity contribution in [2.75, 3.05) is 7.11 Å². The molecule has 3 N–H and O–H groups in total. The molecule has 0 aliphatic rings. The first kappa shape index (κ1) is 6.55. The Labute approximate surface area is 81.9 Å². The Morgan fingerprint density at radius 1 is 1.31 bits per heavy atom. The molecule has 0 amide bonds. The first-order chi connectivity index (χ1) is 7.69. The molecule has 0 aliphatic carbocycles. The molecule has 5 heteroatoms. The van der Waals surface area contributed by atoms with Crippen molar-refractivity contribution < 1.29 is 19.1 Å². The minimum atomic E-state index is -3.53. The van der Waals surface area contributed by atoms with Crippen LogP contribution in [0.15, 0.2) is 24.3 Å². The summed E-state index contributed by atoms with van der Waals surface area (Å²) in [7, 11) is -1.97. The van der Waals surface area contributed by atoms with Crippen LogP contribution >= 0.6 is 0 Å². The molecule has 72 valence electrons. The van der Waals surface area contributed by atoms with E-state index in [9.17, 15) is 0 Å². The molecule has 0 atom stereocenters. The van der Waals surface area contributed by atoms with Crippen molar-refractivity contribution in [1.29, 1.82) is 4.29 Å². The van der Waals surface area contributed by atoms with E-state index in [0.717, 1.165) is 5.56 Å². The van der Waals surface area contributed by atoms with Gasteiger partial charge in [-0.25, -0.2) is 0 Å². The van der Waals surface area contributed by atoms with Crippen LogP contribution in [0.3, 0.4) is 0 Å². The topological polar surface area (TPSA) is 69.9 Å². The summed E-state index contributed by atoms with van der Waals surface area (Å²) < 4.78 is 25.3. The summed E-state index contributed by atoms with van der Waals surface area (Å²) in [6.07, 6.45) is 0. The first-order valence-corrected chi connectivity index (χ1v) is 5.69. The lowest BCUT2D eigenvalue weighted by Crippen LogP contribution is -2.37. The third-order valence-electron chi connectivity index (χ3n) is 1.58. The molecule has 0 saturated heterocycles. The summed E-state index contributed by atoms with van der Waals surface area (Å²) in [5.41, 5.74) is 0.749.